The molecule has 30 heavy (non-hydrogen) atoms. The number of piperazine rings is 1. The van der Waals surface area contributed by atoms with Crippen LogP contribution in [0.15, 0.2) is 86.8 Å². The zero-order chi connectivity index (χ0) is 21.1. The van der Waals surface area contributed by atoms with Gasteiger partial charge in [0.1, 0.15) is 4.21 Å². The van der Waals surface area contributed by atoms with Crippen molar-refractivity contribution in [3.8, 4) is 0 Å². The van der Waals surface area contributed by atoms with E-state index in [0.717, 1.165) is 17.0 Å². The van der Waals surface area contributed by atoms with E-state index in [9.17, 15) is 13.5 Å². The van der Waals surface area contributed by atoms with Crippen molar-refractivity contribution in [1.82, 2.24) is 4.90 Å². The number of hydrogen-bond acceptors (Lipinski definition) is 6. The summed E-state index contributed by atoms with van der Waals surface area (Å²) in [6.07, 6.45) is 6.53. The fraction of sp³-hybridized carbons (Fsp3) is 0.190. The zero-order valence-corrected chi connectivity index (χ0v) is 18.3. The molecule has 2 aliphatic rings. The molecule has 0 saturated carbocycles. The molecule has 0 bridgehead atoms. The average Bonchev–Trinajstić information content (AvgIpc) is 3.22. The highest BCUT2D eigenvalue weighted by atomic mass is 35.5. The molecule has 0 radical (unpaired) electrons. The van der Waals surface area contributed by atoms with Gasteiger partial charge in [-0.25, -0.2) is 0 Å². The van der Waals surface area contributed by atoms with Crippen molar-refractivity contribution in [2.75, 3.05) is 31.1 Å². The fourth-order valence-electron chi connectivity index (χ4n) is 3.32. The van der Waals surface area contributed by atoms with Crippen molar-refractivity contribution in [2.24, 2.45) is 4.40 Å². The Morgan fingerprint density at radius 1 is 1.00 bits per heavy atom. The number of hydrogen-bond donors (Lipinski definition) is 0. The maximum atomic E-state index is 13.1. The van der Waals surface area contributed by atoms with E-state index in [-0.39, 0.29) is 21.4 Å². The molecule has 1 aromatic carbocycles. The normalized spacial score (nSPS) is 20.1. The number of benzene rings is 1. The molecule has 1 aliphatic heterocycles. The van der Waals surface area contributed by atoms with Gasteiger partial charge in [-0.05, 0) is 36.2 Å². The lowest BCUT2D eigenvalue weighted by Crippen LogP contribution is -2.48. The Bertz CT molecular complexity index is 1140. The van der Waals surface area contributed by atoms with Crippen molar-refractivity contribution in [2.45, 2.75) is 4.21 Å². The lowest BCUT2D eigenvalue weighted by Gasteiger charge is -2.41. The van der Waals surface area contributed by atoms with Gasteiger partial charge in [0.2, 0.25) is 0 Å². The molecule has 0 atom stereocenters. The summed E-state index contributed by atoms with van der Waals surface area (Å²) < 4.78 is 29.6. The van der Waals surface area contributed by atoms with E-state index < -0.39 is 10.0 Å². The topological polar surface area (TPSA) is 76.0 Å². The third-order valence-corrected chi connectivity index (χ3v) is 7.83. The van der Waals surface area contributed by atoms with Gasteiger partial charge in [-0.15, -0.1) is 11.3 Å². The minimum absolute atomic E-state index is 0.0474. The van der Waals surface area contributed by atoms with Crippen LogP contribution in [-0.2, 0) is 10.0 Å². The second-order valence-electron chi connectivity index (χ2n) is 6.76. The maximum absolute atomic E-state index is 13.1. The smallest absolute Gasteiger partial charge is 0.292 e. The van der Waals surface area contributed by atoms with E-state index in [4.69, 9.17) is 11.6 Å². The van der Waals surface area contributed by atoms with Crippen LogP contribution in [0.3, 0.4) is 0 Å². The molecule has 2 aromatic rings. The van der Waals surface area contributed by atoms with Crippen molar-refractivity contribution >= 4 is 44.4 Å². The predicted octanol–water partition coefficient (Wildman–Crippen LogP) is 3.05. The molecular weight excluding hydrogens is 442 g/mol. The largest absolute Gasteiger partial charge is 0.860 e. The number of allylic oxidation sites excluding steroid dienone is 5. The number of thiophene rings is 1. The van der Waals surface area contributed by atoms with Gasteiger partial charge in [-0.3, -0.25) is 0 Å². The van der Waals surface area contributed by atoms with Crippen molar-refractivity contribution < 1.29 is 13.5 Å². The summed E-state index contributed by atoms with van der Waals surface area (Å²) in [6.45, 7) is 2.52. The molecule has 0 spiro atoms. The van der Waals surface area contributed by atoms with E-state index in [1.807, 2.05) is 30.3 Å². The van der Waals surface area contributed by atoms with E-state index in [1.54, 1.807) is 29.2 Å². The fourth-order valence-corrected chi connectivity index (χ4v) is 5.79. The van der Waals surface area contributed by atoms with E-state index in [1.165, 1.54) is 12.1 Å². The standard InChI is InChI=1S/C21H20ClN3O3S2/c22-19-10-11-20(29-19)30(27,28)23-18-9-5-4-8-17(18)21(26)25-14-12-24(13-15-25)16-6-2-1-3-7-16/h1-11,26H,12-15H2/p-1. The monoisotopic (exact) mass is 460 g/mol. The maximum Gasteiger partial charge on any atom is 0.292 e. The molecule has 6 nitrogen and oxygen atoms in total. The Morgan fingerprint density at radius 3 is 2.37 bits per heavy atom. The quantitative estimate of drug-likeness (QED) is 0.655. The molecule has 0 amide bonds. The minimum atomic E-state index is -3.94. The molecule has 1 fully saturated rings. The van der Waals surface area contributed by atoms with Gasteiger partial charge in [-0.2, -0.15) is 12.8 Å². The summed E-state index contributed by atoms with van der Waals surface area (Å²) >= 11 is 6.79. The van der Waals surface area contributed by atoms with Gasteiger partial charge in [0.15, 0.2) is 0 Å². The Labute approximate surface area is 184 Å². The molecule has 1 aromatic heterocycles. The summed E-state index contributed by atoms with van der Waals surface area (Å²) in [5, 5.41) is 13.1. The van der Waals surface area contributed by atoms with Crippen LogP contribution in [-0.4, -0.2) is 45.2 Å². The summed E-state index contributed by atoms with van der Waals surface area (Å²) in [5.74, 6) is -0.221. The number of halogens is 1. The minimum Gasteiger partial charge on any atom is -0.860 e. The van der Waals surface area contributed by atoms with E-state index >= 15 is 0 Å². The van der Waals surface area contributed by atoms with Gasteiger partial charge in [0, 0.05) is 37.4 Å². The zero-order valence-electron chi connectivity index (χ0n) is 15.9. The number of rotatable bonds is 4. The molecule has 4 rings (SSSR count). The predicted molar refractivity (Wildman–Crippen MR) is 119 cm³/mol. The molecule has 9 heteroatoms. The molecule has 2 heterocycles. The van der Waals surface area contributed by atoms with Gasteiger partial charge < -0.3 is 14.9 Å². The molecule has 156 valence electrons. The van der Waals surface area contributed by atoms with Gasteiger partial charge in [0.25, 0.3) is 10.0 Å². The van der Waals surface area contributed by atoms with E-state index in [0.29, 0.717) is 30.5 Å². The lowest BCUT2D eigenvalue weighted by atomic mass is 10.1. The Hall–Kier alpha value is -2.55. The Morgan fingerprint density at radius 2 is 1.70 bits per heavy atom. The average molecular weight is 461 g/mol. The SMILES string of the molecule is O=S(=O)(N=C1C=CC=CC1=C([O-])N1CCN(c2ccccc2)CC1)c1ccc(Cl)s1. The first-order chi connectivity index (χ1) is 14.4. The first-order valence-electron chi connectivity index (χ1n) is 9.36. The number of nitrogens with zero attached hydrogens (tertiary/aromatic N) is 3. The second kappa shape index (κ2) is 8.67. The van der Waals surface area contributed by atoms with Gasteiger partial charge in [-0.1, -0.05) is 48.0 Å². The van der Waals surface area contributed by atoms with Crippen LogP contribution in [0.1, 0.15) is 0 Å². The second-order valence-corrected chi connectivity index (χ2v) is 10.3. The van der Waals surface area contributed by atoms with Crippen molar-refractivity contribution in [3.63, 3.8) is 0 Å². The first kappa shape index (κ1) is 20.7. The first-order valence-corrected chi connectivity index (χ1v) is 12.0. The molecular formula is C21H19ClN3O3S2-. The van der Waals surface area contributed by atoms with Crippen LogP contribution >= 0.6 is 22.9 Å². The summed E-state index contributed by atoms with van der Waals surface area (Å²) in [6, 6.07) is 13.0. The lowest BCUT2D eigenvalue weighted by molar-refractivity contribution is -0.333. The summed E-state index contributed by atoms with van der Waals surface area (Å²) in [7, 11) is -3.94. The molecule has 1 saturated heterocycles. The van der Waals surface area contributed by atoms with Crippen LogP contribution in [0.2, 0.25) is 4.34 Å². The molecule has 0 unspecified atom stereocenters. The number of anilines is 1. The van der Waals surface area contributed by atoms with Gasteiger partial charge in [0.05, 0.1) is 10.0 Å². The third kappa shape index (κ3) is 4.45. The highest BCUT2D eigenvalue weighted by Gasteiger charge is 2.21. The highest BCUT2D eigenvalue weighted by Crippen LogP contribution is 2.28. The van der Waals surface area contributed by atoms with Crippen molar-refractivity contribution in [3.05, 3.63) is 82.6 Å². The summed E-state index contributed by atoms with van der Waals surface area (Å²) in [4.78, 5) is 3.97. The number of para-hydroxylation sites is 1. The van der Waals surface area contributed by atoms with Crippen molar-refractivity contribution in [1.29, 1.82) is 0 Å². The third-order valence-electron chi connectivity index (χ3n) is 4.84. The van der Waals surface area contributed by atoms with Crippen LogP contribution in [0, 0.1) is 0 Å². The van der Waals surface area contributed by atoms with Crippen LogP contribution in [0.25, 0.3) is 0 Å². The molecule has 0 N–H and O–H groups in total. The Kier molecular flexibility index (Phi) is 5.99. The van der Waals surface area contributed by atoms with Crippen LogP contribution in [0.5, 0.6) is 0 Å². The van der Waals surface area contributed by atoms with E-state index in [2.05, 4.69) is 9.30 Å². The number of sulfonamides is 1. The summed E-state index contributed by atoms with van der Waals surface area (Å²) in [5.41, 5.74) is 1.54. The van der Waals surface area contributed by atoms with Gasteiger partial charge >= 0.3 is 0 Å². The molecule has 1 aliphatic carbocycles. The van der Waals surface area contributed by atoms with Crippen LogP contribution in [0.4, 0.5) is 5.69 Å². The van der Waals surface area contributed by atoms with Crippen LogP contribution < -0.4 is 10.0 Å². The highest BCUT2D eigenvalue weighted by molar-refractivity contribution is 7.92. The Balaban J connectivity index is 1.56.